The minimum atomic E-state index is -2.57. The van der Waals surface area contributed by atoms with Crippen molar-refractivity contribution in [3.63, 3.8) is 0 Å². The number of phenols is 1. The Morgan fingerprint density at radius 1 is 1.00 bits per heavy atom. The highest BCUT2D eigenvalue weighted by molar-refractivity contribution is 5.74. The molecular formula is C26H26F2N6O. The molecule has 2 aromatic heterocycles. The van der Waals surface area contributed by atoms with Crippen LogP contribution in [0, 0.1) is 17.8 Å². The van der Waals surface area contributed by atoms with Gasteiger partial charge in [0.1, 0.15) is 11.4 Å². The summed E-state index contributed by atoms with van der Waals surface area (Å²) < 4.78 is 26.1. The molecule has 180 valence electrons. The molecule has 3 heterocycles. The van der Waals surface area contributed by atoms with E-state index in [1.54, 1.807) is 24.4 Å². The highest BCUT2D eigenvalue weighted by Crippen LogP contribution is 2.41. The van der Waals surface area contributed by atoms with E-state index >= 15 is 0 Å². The molecule has 0 unspecified atom stereocenters. The number of aromatic hydroxyl groups is 1. The Bertz CT molecular complexity index is 1280. The zero-order valence-corrected chi connectivity index (χ0v) is 19.2. The summed E-state index contributed by atoms with van der Waals surface area (Å²) in [4.78, 5) is 8.74. The van der Waals surface area contributed by atoms with E-state index in [9.17, 15) is 13.9 Å². The van der Waals surface area contributed by atoms with Crippen LogP contribution in [0.2, 0.25) is 0 Å². The molecule has 9 heteroatoms. The van der Waals surface area contributed by atoms with Gasteiger partial charge in [-0.2, -0.15) is 0 Å². The molecule has 1 aliphatic heterocycles. The number of pyridine rings is 1. The molecule has 2 aliphatic rings. The van der Waals surface area contributed by atoms with Crippen molar-refractivity contribution in [2.45, 2.75) is 25.2 Å². The first kappa shape index (κ1) is 22.8. The molecule has 0 atom stereocenters. The number of nitrogen functional groups attached to an aromatic ring is 1. The lowest BCUT2D eigenvalue weighted by Crippen LogP contribution is -2.34. The minimum absolute atomic E-state index is 0.141. The Balaban J connectivity index is 1.29. The zero-order chi connectivity index (χ0) is 24.4. The van der Waals surface area contributed by atoms with Crippen molar-refractivity contribution in [1.82, 2.24) is 15.2 Å². The van der Waals surface area contributed by atoms with Crippen molar-refractivity contribution in [3.05, 3.63) is 54.4 Å². The number of aromatic nitrogens is 3. The molecular weight excluding hydrogens is 450 g/mol. The number of anilines is 3. The summed E-state index contributed by atoms with van der Waals surface area (Å²) in [6, 6.07) is 12.7. The van der Waals surface area contributed by atoms with Gasteiger partial charge in [-0.25, -0.2) is 13.8 Å². The lowest BCUT2D eigenvalue weighted by atomic mass is 9.82. The van der Waals surface area contributed by atoms with Crippen molar-refractivity contribution >= 4 is 17.2 Å². The van der Waals surface area contributed by atoms with E-state index in [2.05, 4.69) is 36.8 Å². The molecule has 7 nitrogen and oxygen atoms in total. The van der Waals surface area contributed by atoms with Crippen LogP contribution in [0.4, 0.5) is 26.0 Å². The van der Waals surface area contributed by atoms with Gasteiger partial charge in [0.2, 0.25) is 0 Å². The number of nitrogens with zero attached hydrogens (tertiary/aromatic N) is 5. The number of nitrogens with two attached hydrogens (primary N) is 1. The van der Waals surface area contributed by atoms with Gasteiger partial charge in [-0.05, 0) is 42.7 Å². The molecule has 1 saturated carbocycles. The first-order valence-corrected chi connectivity index (χ1v) is 11.6. The fourth-order valence-electron chi connectivity index (χ4n) is 4.51. The van der Waals surface area contributed by atoms with E-state index in [0.29, 0.717) is 22.8 Å². The molecule has 0 bridgehead atoms. The van der Waals surface area contributed by atoms with Gasteiger partial charge in [0, 0.05) is 62.4 Å². The molecule has 0 spiro atoms. The van der Waals surface area contributed by atoms with Crippen LogP contribution in [-0.4, -0.2) is 52.4 Å². The Morgan fingerprint density at radius 3 is 2.57 bits per heavy atom. The first-order chi connectivity index (χ1) is 16.9. The van der Waals surface area contributed by atoms with Crippen LogP contribution in [0.15, 0.2) is 48.7 Å². The van der Waals surface area contributed by atoms with Crippen molar-refractivity contribution in [2.24, 2.45) is 5.92 Å². The maximum atomic E-state index is 13.0. The van der Waals surface area contributed by atoms with Crippen LogP contribution in [0.3, 0.4) is 0 Å². The molecule has 5 rings (SSSR count). The second-order valence-electron chi connectivity index (χ2n) is 8.97. The highest BCUT2D eigenvalue weighted by Gasteiger charge is 2.44. The number of phenolic OH excluding ortho intramolecular Hbond substituents is 1. The van der Waals surface area contributed by atoms with Crippen LogP contribution in [-0.2, 0) is 0 Å². The van der Waals surface area contributed by atoms with Crippen molar-refractivity contribution in [2.75, 3.05) is 41.7 Å². The maximum Gasteiger partial charge on any atom is 0.250 e. The molecule has 2 fully saturated rings. The van der Waals surface area contributed by atoms with Crippen molar-refractivity contribution in [1.29, 1.82) is 0 Å². The largest absolute Gasteiger partial charge is 0.507 e. The third-order valence-electron chi connectivity index (χ3n) is 6.42. The molecule has 3 N–H and O–H groups in total. The fraction of sp³-hybridized carbons (Fsp3) is 0.346. The molecule has 1 saturated heterocycles. The molecule has 35 heavy (non-hydrogen) atoms. The summed E-state index contributed by atoms with van der Waals surface area (Å²) in [5, 5.41) is 18.5. The maximum absolute atomic E-state index is 13.0. The molecule has 3 aromatic rings. The van der Waals surface area contributed by atoms with Crippen LogP contribution in [0.5, 0.6) is 5.75 Å². The Kier molecular flexibility index (Phi) is 6.12. The SMILES string of the molecule is Nc1nnc(-c2ccccc2O)cc1N1CCCN(c2ccnc(C#CC3CC(F)(F)C3)c2)CC1. The van der Waals surface area contributed by atoms with E-state index < -0.39 is 5.92 Å². The molecule has 1 aromatic carbocycles. The molecule has 0 amide bonds. The van der Waals surface area contributed by atoms with Gasteiger partial charge in [0.15, 0.2) is 5.82 Å². The average Bonchev–Trinajstić information content (AvgIpc) is 3.09. The van der Waals surface area contributed by atoms with E-state index in [-0.39, 0.29) is 24.5 Å². The normalized spacial score (nSPS) is 17.8. The van der Waals surface area contributed by atoms with E-state index in [1.165, 1.54) is 0 Å². The van der Waals surface area contributed by atoms with Gasteiger partial charge in [-0.15, -0.1) is 10.2 Å². The minimum Gasteiger partial charge on any atom is -0.507 e. The summed E-state index contributed by atoms with van der Waals surface area (Å²) in [5.74, 6) is 3.55. The van der Waals surface area contributed by atoms with Crippen molar-refractivity contribution in [3.8, 4) is 28.8 Å². The summed E-state index contributed by atoms with van der Waals surface area (Å²) in [5.41, 5.74) is 9.73. The average molecular weight is 477 g/mol. The third kappa shape index (κ3) is 5.11. The number of hydrogen-bond donors (Lipinski definition) is 2. The lowest BCUT2D eigenvalue weighted by molar-refractivity contribution is -0.0936. The Labute approximate surface area is 202 Å². The van der Waals surface area contributed by atoms with E-state index in [1.807, 2.05) is 24.3 Å². The van der Waals surface area contributed by atoms with Gasteiger partial charge in [0.05, 0.1) is 11.4 Å². The number of halogens is 2. The summed E-state index contributed by atoms with van der Waals surface area (Å²) >= 11 is 0. The Hall–Kier alpha value is -3.93. The number of alkyl halides is 2. The van der Waals surface area contributed by atoms with Gasteiger partial charge >= 0.3 is 0 Å². The molecule has 1 aliphatic carbocycles. The zero-order valence-electron chi connectivity index (χ0n) is 19.2. The van der Waals surface area contributed by atoms with Gasteiger partial charge in [-0.1, -0.05) is 18.1 Å². The van der Waals surface area contributed by atoms with Crippen LogP contribution >= 0.6 is 0 Å². The molecule has 0 radical (unpaired) electrons. The Morgan fingerprint density at radius 2 is 1.77 bits per heavy atom. The predicted molar refractivity (Wildman–Crippen MR) is 131 cm³/mol. The third-order valence-corrected chi connectivity index (χ3v) is 6.42. The second-order valence-corrected chi connectivity index (χ2v) is 8.97. The van der Waals surface area contributed by atoms with Crippen LogP contribution in [0.1, 0.15) is 25.0 Å². The van der Waals surface area contributed by atoms with Gasteiger partial charge < -0.3 is 20.6 Å². The smallest absolute Gasteiger partial charge is 0.250 e. The topological polar surface area (TPSA) is 91.4 Å². The lowest BCUT2D eigenvalue weighted by Gasteiger charge is -2.31. The van der Waals surface area contributed by atoms with Crippen LogP contribution < -0.4 is 15.5 Å². The van der Waals surface area contributed by atoms with E-state index in [4.69, 9.17) is 5.73 Å². The van der Waals surface area contributed by atoms with E-state index in [0.717, 1.165) is 44.0 Å². The summed E-state index contributed by atoms with van der Waals surface area (Å²) in [6.45, 7) is 3.10. The number of para-hydroxylation sites is 1. The highest BCUT2D eigenvalue weighted by atomic mass is 19.3. The monoisotopic (exact) mass is 476 g/mol. The fourth-order valence-corrected chi connectivity index (χ4v) is 4.51. The number of benzene rings is 1. The first-order valence-electron chi connectivity index (χ1n) is 11.6. The van der Waals surface area contributed by atoms with Gasteiger partial charge in [0.25, 0.3) is 5.92 Å². The summed E-state index contributed by atoms with van der Waals surface area (Å²) in [6.07, 6.45) is 2.27. The standard InChI is InChI=1S/C26H26F2N6O/c27-26(28)16-18(17-26)6-7-19-14-20(8-9-30-19)33-10-3-11-34(13-12-33)23-15-22(31-32-25(23)29)21-4-1-2-5-24(21)35/h1-2,4-5,8-9,14-15,18,35H,3,10-13,16-17H2,(H2,29,32). The van der Waals surface area contributed by atoms with Crippen LogP contribution in [0.25, 0.3) is 11.3 Å². The predicted octanol–water partition coefficient (Wildman–Crippen LogP) is 3.94. The number of hydrogen-bond acceptors (Lipinski definition) is 7. The number of rotatable bonds is 3. The van der Waals surface area contributed by atoms with Crippen molar-refractivity contribution < 1.29 is 13.9 Å². The summed E-state index contributed by atoms with van der Waals surface area (Å²) in [7, 11) is 0. The quantitative estimate of drug-likeness (QED) is 0.554. The second kappa shape index (κ2) is 9.37. The van der Waals surface area contributed by atoms with Gasteiger partial charge in [-0.3, -0.25) is 0 Å².